The van der Waals surface area contributed by atoms with E-state index in [9.17, 15) is 14.0 Å². The largest absolute Gasteiger partial charge is 0.481 e. The number of carbonyl (C=O) groups excluding carboxylic acids is 1. The first kappa shape index (κ1) is 13.3. The summed E-state index contributed by atoms with van der Waals surface area (Å²) in [6.45, 7) is 0. The van der Waals surface area contributed by atoms with E-state index in [0.29, 0.717) is 19.3 Å². The van der Waals surface area contributed by atoms with Crippen molar-refractivity contribution in [1.82, 2.24) is 5.32 Å². The van der Waals surface area contributed by atoms with Crippen LogP contribution in [0.2, 0.25) is 0 Å². The summed E-state index contributed by atoms with van der Waals surface area (Å²) < 4.78 is 13.5. The van der Waals surface area contributed by atoms with Gasteiger partial charge in [0.2, 0.25) is 0 Å². The molecule has 1 saturated carbocycles. The van der Waals surface area contributed by atoms with Crippen LogP contribution < -0.4 is 11.1 Å². The molecule has 2 rings (SSSR count). The lowest BCUT2D eigenvalue weighted by atomic mass is 10.1. The predicted molar refractivity (Wildman–Crippen MR) is 67.0 cm³/mol. The maximum Gasteiger partial charge on any atom is 0.306 e. The number of hydrogen-bond donors (Lipinski definition) is 3. The molecule has 4 N–H and O–H groups in total. The van der Waals surface area contributed by atoms with Crippen molar-refractivity contribution in [2.24, 2.45) is 5.92 Å². The van der Waals surface area contributed by atoms with Crippen LogP contribution in [0.25, 0.3) is 0 Å². The Labute approximate surface area is 109 Å². The van der Waals surface area contributed by atoms with E-state index in [-0.39, 0.29) is 17.3 Å². The van der Waals surface area contributed by atoms with Gasteiger partial charge in [-0.25, -0.2) is 4.39 Å². The molecular weight excluding hydrogens is 251 g/mol. The van der Waals surface area contributed by atoms with E-state index in [2.05, 4.69) is 5.32 Å². The van der Waals surface area contributed by atoms with Crippen LogP contribution in [0.5, 0.6) is 0 Å². The van der Waals surface area contributed by atoms with Gasteiger partial charge < -0.3 is 16.2 Å². The first-order chi connectivity index (χ1) is 8.97. The predicted octanol–water partition coefficient (Wildman–Crippen LogP) is 1.39. The van der Waals surface area contributed by atoms with Gasteiger partial charge in [-0.05, 0) is 37.5 Å². The van der Waals surface area contributed by atoms with Gasteiger partial charge in [0, 0.05) is 11.7 Å². The number of nitrogens with one attached hydrogen (secondary N) is 1. The third-order valence-electron chi connectivity index (χ3n) is 3.35. The fraction of sp³-hybridized carbons (Fsp3) is 0.385. The molecular formula is C13H15FN2O3. The van der Waals surface area contributed by atoms with Crippen molar-refractivity contribution in [1.29, 1.82) is 0 Å². The average Bonchev–Trinajstić information content (AvgIpc) is 2.77. The highest BCUT2D eigenvalue weighted by atomic mass is 19.1. The van der Waals surface area contributed by atoms with Gasteiger partial charge in [-0.15, -0.1) is 0 Å². The third-order valence-corrected chi connectivity index (χ3v) is 3.35. The van der Waals surface area contributed by atoms with Crippen LogP contribution in [0.3, 0.4) is 0 Å². The molecule has 0 spiro atoms. The smallest absolute Gasteiger partial charge is 0.306 e. The highest BCUT2D eigenvalue weighted by Gasteiger charge is 2.31. The number of nitrogen functional groups attached to an aromatic ring is 1. The summed E-state index contributed by atoms with van der Waals surface area (Å²) in [5.41, 5.74) is 5.58. The number of hydrogen-bond acceptors (Lipinski definition) is 3. The quantitative estimate of drug-likeness (QED) is 0.721. The number of carbonyl (C=O) groups is 2. The van der Waals surface area contributed by atoms with E-state index in [0.717, 1.165) is 6.07 Å². The van der Waals surface area contributed by atoms with Gasteiger partial charge in [-0.2, -0.15) is 0 Å². The van der Waals surface area contributed by atoms with Crippen LogP contribution in [0, 0.1) is 11.7 Å². The highest BCUT2D eigenvalue weighted by Crippen LogP contribution is 2.26. The van der Waals surface area contributed by atoms with Gasteiger partial charge in [0.05, 0.1) is 11.5 Å². The van der Waals surface area contributed by atoms with Gasteiger partial charge in [-0.1, -0.05) is 0 Å². The van der Waals surface area contributed by atoms with Gasteiger partial charge in [0.1, 0.15) is 5.82 Å². The van der Waals surface area contributed by atoms with Crippen molar-refractivity contribution in [2.45, 2.75) is 25.3 Å². The Hall–Kier alpha value is -2.11. The SMILES string of the molecule is Nc1ccc(C(=O)NC2CCC(C(=O)O)C2)c(F)c1. The number of benzene rings is 1. The molecule has 0 aliphatic heterocycles. The lowest BCUT2D eigenvalue weighted by Crippen LogP contribution is -2.33. The zero-order chi connectivity index (χ0) is 14.0. The number of nitrogens with two attached hydrogens (primary N) is 1. The minimum atomic E-state index is -0.851. The number of rotatable bonds is 3. The molecule has 5 nitrogen and oxygen atoms in total. The molecule has 1 aromatic rings. The molecule has 1 aliphatic carbocycles. The number of carboxylic acid groups (broad SMARTS) is 1. The van der Waals surface area contributed by atoms with Crippen LogP contribution in [-0.4, -0.2) is 23.0 Å². The van der Waals surface area contributed by atoms with Crippen molar-refractivity contribution >= 4 is 17.6 Å². The summed E-state index contributed by atoms with van der Waals surface area (Å²) in [6, 6.07) is 3.64. The van der Waals surface area contributed by atoms with E-state index in [1.54, 1.807) is 0 Å². The van der Waals surface area contributed by atoms with Crippen LogP contribution in [-0.2, 0) is 4.79 Å². The highest BCUT2D eigenvalue weighted by molar-refractivity contribution is 5.95. The minimum absolute atomic E-state index is 0.0759. The molecule has 19 heavy (non-hydrogen) atoms. The van der Waals surface area contributed by atoms with Crippen LogP contribution >= 0.6 is 0 Å². The Morgan fingerprint density at radius 2 is 2.11 bits per heavy atom. The van der Waals surface area contributed by atoms with Crippen molar-refractivity contribution in [3.05, 3.63) is 29.6 Å². The summed E-state index contributed by atoms with van der Waals surface area (Å²) in [5, 5.41) is 11.5. The lowest BCUT2D eigenvalue weighted by molar-refractivity contribution is -0.141. The second kappa shape index (κ2) is 5.26. The van der Waals surface area contributed by atoms with Gasteiger partial charge in [0.15, 0.2) is 0 Å². The number of halogens is 1. The standard InChI is InChI=1S/C13H15FN2O3/c14-11-6-8(15)2-4-10(11)12(17)16-9-3-1-7(5-9)13(18)19/h2,4,6-7,9H,1,3,5,15H2,(H,16,17)(H,18,19). The van der Waals surface area contributed by atoms with E-state index in [4.69, 9.17) is 10.8 Å². The van der Waals surface area contributed by atoms with Gasteiger partial charge in [-0.3, -0.25) is 9.59 Å². The molecule has 2 atom stereocenters. The molecule has 0 heterocycles. The topological polar surface area (TPSA) is 92.4 Å². The fourth-order valence-corrected chi connectivity index (χ4v) is 2.32. The number of aliphatic carboxylic acids is 1. The van der Waals surface area contributed by atoms with Crippen molar-refractivity contribution in [3.8, 4) is 0 Å². The summed E-state index contributed by atoms with van der Waals surface area (Å²) in [6.07, 6.45) is 1.52. The maximum atomic E-state index is 13.5. The van der Waals surface area contributed by atoms with E-state index < -0.39 is 23.6 Å². The van der Waals surface area contributed by atoms with E-state index >= 15 is 0 Å². The maximum absolute atomic E-state index is 13.5. The molecule has 0 bridgehead atoms. The summed E-state index contributed by atoms with van der Waals surface area (Å²) in [7, 11) is 0. The normalized spacial score (nSPS) is 22.2. The molecule has 0 radical (unpaired) electrons. The zero-order valence-electron chi connectivity index (χ0n) is 10.2. The Morgan fingerprint density at radius 1 is 1.37 bits per heavy atom. The van der Waals surface area contributed by atoms with Gasteiger partial charge >= 0.3 is 5.97 Å². The summed E-state index contributed by atoms with van der Waals surface area (Å²) in [5.74, 6) is -2.49. The molecule has 6 heteroatoms. The molecule has 1 fully saturated rings. The first-order valence-corrected chi connectivity index (χ1v) is 6.06. The zero-order valence-corrected chi connectivity index (χ0v) is 10.2. The average molecular weight is 266 g/mol. The Balaban J connectivity index is 2.00. The Morgan fingerprint density at radius 3 is 2.68 bits per heavy atom. The molecule has 102 valence electrons. The molecule has 1 aromatic carbocycles. The molecule has 1 aliphatic rings. The van der Waals surface area contributed by atoms with Gasteiger partial charge in [0.25, 0.3) is 5.91 Å². The summed E-state index contributed by atoms with van der Waals surface area (Å²) in [4.78, 5) is 22.7. The molecule has 0 aromatic heterocycles. The van der Waals surface area contributed by atoms with E-state index in [1.807, 2.05) is 0 Å². The fourth-order valence-electron chi connectivity index (χ4n) is 2.32. The van der Waals surface area contributed by atoms with Crippen LogP contribution in [0.1, 0.15) is 29.6 Å². The third kappa shape index (κ3) is 3.01. The van der Waals surface area contributed by atoms with E-state index in [1.165, 1.54) is 12.1 Å². The Bertz CT molecular complexity index is 519. The minimum Gasteiger partial charge on any atom is -0.481 e. The van der Waals surface area contributed by atoms with Crippen molar-refractivity contribution in [3.63, 3.8) is 0 Å². The van der Waals surface area contributed by atoms with Crippen molar-refractivity contribution < 1.29 is 19.1 Å². The second-order valence-corrected chi connectivity index (χ2v) is 4.76. The molecule has 1 amide bonds. The molecule has 0 saturated heterocycles. The first-order valence-electron chi connectivity index (χ1n) is 6.06. The number of anilines is 1. The number of amides is 1. The number of carboxylic acids is 1. The monoisotopic (exact) mass is 266 g/mol. The lowest BCUT2D eigenvalue weighted by Gasteiger charge is -2.13. The van der Waals surface area contributed by atoms with Crippen LogP contribution in [0.15, 0.2) is 18.2 Å². The second-order valence-electron chi connectivity index (χ2n) is 4.76. The summed E-state index contributed by atoms with van der Waals surface area (Å²) >= 11 is 0. The van der Waals surface area contributed by atoms with Crippen molar-refractivity contribution in [2.75, 3.05) is 5.73 Å². The van der Waals surface area contributed by atoms with Crippen LogP contribution in [0.4, 0.5) is 10.1 Å². The molecule has 2 unspecified atom stereocenters. The Kier molecular flexibility index (Phi) is 3.69.